The minimum Gasteiger partial charge on any atom is -0.390 e. The third-order valence-corrected chi connectivity index (χ3v) is 2.77. The highest BCUT2D eigenvalue weighted by molar-refractivity contribution is 5.37. The molecule has 1 heterocycles. The van der Waals surface area contributed by atoms with Crippen LogP contribution in [0.4, 0.5) is 5.82 Å². The summed E-state index contributed by atoms with van der Waals surface area (Å²) in [6, 6.07) is 8.41. The molecule has 0 aliphatic heterocycles. The van der Waals surface area contributed by atoms with Crippen LogP contribution in [0.5, 0.6) is 0 Å². The summed E-state index contributed by atoms with van der Waals surface area (Å²) < 4.78 is 0. The number of aliphatic hydroxyl groups excluding tert-OH is 1. The molecule has 94 valence electrons. The molecule has 0 saturated heterocycles. The maximum atomic E-state index is 9.04. The molecule has 0 aliphatic carbocycles. The van der Waals surface area contributed by atoms with Gasteiger partial charge in [-0.2, -0.15) is 0 Å². The van der Waals surface area contributed by atoms with Crippen LogP contribution in [0.3, 0.4) is 0 Å². The van der Waals surface area contributed by atoms with Gasteiger partial charge in [-0.25, -0.2) is 4.98 Å². The SMILES string of the molecule is Cc1ccc(CN(C)c2cncc(CO)n2)cc1. The lowest BCUT2D eigenvalue weighted by atomic mass is 10.1. The maximum Gasteiger partial charge on any atom is 0.147 e. The lowest BCUT2D eigenvalue weighted by Gasteiger charge is -2.18. The van der Waals surface area contributed by atoms with Crippen LogP contribution in [0.1, 0.15) is 16.8 Å². The number of hydrogen-bond acceptors (Lipinski definition) is 4. The molecule has 18 heavy (non-hydrogen) atoms. The van der Waals surface area contributed by atoms with Gasteiger partial charge in [0.25, 0.3) is 0 Å². The minimum absolute atomic E-state index is 0.0841. The zero-order chi connectivity index (χ0) is 13.0. The molecule has 0 fully saturated rings. The second kappa shape index (κ2) is 5.60. The van der Waals surface area contributed by atoms with Crippen molar-refractivity contribution in [1.29, 1.82) is 0 Å². The Morgan fingerprint density at radius 2 is 1.89 bits per heavy atom. The van der Waals surface area contributed by atoms with E-state index in [1.165, 1.54) is 11.1 Å². The first-order valence-corrected chi connectivity index (χ1v) is 5.87. The van der Waals surface area contributed by atoms with Gasteiger partial charge in [0.05, 0.1) is 24.7 Å². The van der Waals surface area contributed by atoms with Crippen LogP contribution in [0.25, 0.3) is 0 Å². The second-order valence-electron chi connectivity index (χ2n) is 4.37. The molecule has 0 aliphatic rings. The van der Waals surface area contributed by atoms with Gasteiger partial charge in [-0.05, 0) is 12.5 Å². The lowest BCUT2D eigenvalue weighted by molar-refractivity contribution is 0.276. The smallest absolute Gasteiger partial charge is 0.147 e. The first kappa shape index (κ1) is 12.5. The fraction of sp³-hybridized carbons (Fsp3) is 0.286. The standard InChI is InChI=1S/C14H17N3O/c1-11-3-5-12(6-4-11)9-17(2)14-8-15-7-13(10-18)16-14/h3-8,18H,9-10H2,1-2H3. The van der Waals surface area contributed by atoms with Crippen LogP contribution in [0.2, 0.25) is 0 Å². The number of benzene rings is 1. The average molecular weight is 243 g/mol. The van der Waals surface area contributed by atoms with Crippen LogP contribution in [-0.2, 0) is 13.2 Å². The molecule has 0 spiro atoms. The summed E-state index contributed by atoms with van der Waals surface area (Å²) in [5.41, 5.74) is 3.06. The van der Waals surface area contributed by atoms with E-state index < -0.39 is 0 Å². The minimum atomic E-state index is -0.0841. The monoisotopic (exact) mass is 243 g/mol. The molecule has 1 aromatic heterocycles. The van der Waals surface area contributed by atoms with Crippen molar-refractivity contribution in [2.24, 2.45) is 0 Å². The molecular formula is C14H17N3O. The summed E-state index contributed by atoms with van der Waals surface area (Å²) in [5.74, 6) is 0.766. The van der Waals surface area contributed by atoms with Gasteiger partial charge in [0.15, 0.2) is 0 Å². The van der Waals surface area contributed by atoms with Crippen LogP contribution in [0.15, 0.2) is 36.7 Å². The molecule has 0 unspecified atom stereocenters. The van der Waals surface area contributed by atoms with Crippen molar-refractivity contribution in [3.05, 3.63) is 53.5 Å². The van der Waals surface area contributed by atoms with Crippen LogP contribution in [-0.4, -0.2) is 22.1 Å². The Labute approximate surface area is 107 Å². The largest absolute Gasteiger partial charge is 0.390 e. The van der Waals surface area contributed by atoms with Gasteiger partial charge in [-0.1, -0.05) is 29.8 Å². The summed E-state index contributed by atoms with van der Waals surface area (Å²) >= 11 is 0. The van der Waals surface area contributed by atoms with Gasteiger partial charge >= 0.3 is 0 Å². The molecule has 2 rings (SSSR count). The summed E-state index contributed by atoms with van der Waals surface area (Å²) in [6.07, 6.45) is 3.27. The van der Waals surface area contributed by atoms with Gasteiger partial charge in [-0.15, -0.1) is 0 Å². The summed E-state index contributed by atoms with van der Waals surface area (Å²) in [5, 5.41) is 9.04. The number of nitrogens with zero attached hydrogens (tertiary/aromatic N) is 3. The number of aliphatic hydroxyl groups is 1. The zero-order valence-corrected chi connectivity index (χ0v) is 10.7. The molecule has 2 aromatic rings. The molecule has 0 saturated carbocycles. The highest BCUT2D eigenvalue weighted by Crippen LogP contribution is 2.12. The first-order chi connectivity index (χ1) is 8.69. The Kier molecular flexibility index (Phi) is 3.89. The highest BCUT2D eigenvalue weighted by atomic mass is 16.3. The van der Waals surface area contributed by atoms with Crippen molar-refractivity contribution in [2.75, 3.05) is 11.9 Å². The van der Waals surface area contributed by atoms with Gasteiger partial charge in [-0.3, -0.25) is 4.98 Å². The zero-order valence-electron chi connectivity index (χ0n) is 10.7. The predicted octanol–water partition coefficient (Wildman–Crippen LogP) is 1.91. The Bertz CT molecular complexity index is 511. The van der Waals surface area contributed by atoms with E-state index >= 15 is 0 Å². The summed E-state index contributed by atoms with van der Waals surface area (Å²) in [6.45, 7) is 2.76. The normalized spacial score (nSPS) is 10.4. The fourth-order valence-electron chi connectivity index (χ4n) is 1.70. The van der Waals surface area contributed by atoms with E-state index in [0.29, 0.717) is 5.69 Å². The Hall–Kier alpha value is -1.94. The van der Waals surface area contributed by atoms with Gasteiger partial charge < -0.3 is 10.0 Å². The van der Waals surface area contributed by atoms with Crippen molar-refractivity contribution >= 4 is 5.82 Å². The predicted molar refractivity (Wildman–Crippen MR) is 71.2 cm³/mol. The maximum absolute atomic E-state index is 9.04. The topological polar surface area (TPSA) is 49.2 Å². The Balaban J connectivity index is 2.11. The van der Waals surface area contributed by atoms with Crippen molar-refractivity contribution in [2.45, 2.75) is 20.1 Å². The van der Waals surface area contributed by atoms with E-state index in [-0.39, 0.29) is 6.61 Å². The van der Waals surface area contributed by atoms with E-state index in [1.807, 2.05) is 11.9 Å². The molecule has 0 radical (unpaired) electrons. The number of aromatic nitrogens is 2. The van der Waals surface area contributed by atoms with Crippen LogP contribution < -0.4 is 4.90 Å². The number of aryl methyl sites for hydroxylation is 1. The number of anilines is 1. The van der Waals surface area contributed by atoms with E-state index in [9.17, 15) is 0 Å². The van der Waals surface area contributed by atoms with Crippen molar-refractivity contribution < 1.29 is 5.11 Å². The lowest BCUT2D eigenvalue weighted by Crippen LogP contribution is -2.18. The molecule has 0 bridgehead atoms. The fourth-order valence-corrected chi connectivity index (χ4v) is 1.70. The summed E-state index contributed by atoms with van der Waals surface area (Å²) in [4.78, 5) is 10.4. The van der Waals surface area contributed by atoms with Crippen molar-refractivity contribution in [1.82, 2.24) is 9.97 Å². The van der Waals surface area contributed by atoms with E-state index in [0.717, 1.165) is 12.4 Å². The molecule has 1 aromatic carbocycles. The quantitative estimate of drug-likeness (QED) is 0.891. The Morgan fingerprint density at radius 3 is 2.56 bits per heavy atom. The Morgan fingerprint density at radius 1 is 1.17 bits per heavy atom. The average Bonchev–Trinajstić information content (AvgIpc) is 2.41. The second-order valence-corrected chi connectivity index (χ2v) is 4.37. The number of hydrogen-bond donors (Lipinski definition) is 1. The molecule has 1 N–H and O–H groups in total. The third-order valence-electron chi connectivity index (χ3n) is 2.77. The number of rotatable bonds is 4. The third kappa shape index (κ3) is 3.05. The van der Waals surface area contributed by atoms with E-state index in [4.69, 9.17) is 5.11 Å². The molecule has 0 amide bonds. The molecular weight excluding hydrogens is 226 g/mol. The van der Waals surface area contributed by atoms with Crippen molar-refractivity contribution in [3.8, 4) is 0 Å². The van der Waals surface area contributed by atoms with Gasteiger partial charge in [0, 0.05) is 13.6 Å². The van der Waals surface area contributed by atoms with Crippen LogP contribution >= 0.6 is 0 Å². The van der Waals surface area contributed by atoms with Gasteiger partial charge in [0.1, 0.15) is 5.82 Å². The summed E-state index contributed by atoms with van der Waals surface area (Å²) in [7, 11) is 1.96. The van der Waals surface area contributed by atoms with E-state index in [2.05, 4.69) is 41.2 Å². The van der Waals surface area contributed by atoms with Crippen LogP contribution in [0, 0.1) is 6.92 Å². The molecule has 4 heteroatoms. The first-order valence-electron chi connectivity index (χ1n) is 5.87. The van der Waals surface area contributed by atoms with E-state index in [1.54, 1.807) is 12.4 Å². The van der Waals surface area contributed by atoms with Gasteiger partial charge in [0.2, 0.25) is 0 Å². The van der Waals surface area contributed by atoms with Crippen molar-refractivity contribution in [3.63, 3.8) is 0 Å². The molecule has 0 atom stereocenters. The molecule has 4 nitrogen and oxygen atoms in total. The highest BCUT2D eigenvalue weighted by Gasteiger charge is 2.05.